The van der Waals surface area contributed by atoms with E-state index in [0.29, 0.717) is 5.96 Å². The first-order chi connectivity index (χ1) is 9.28. The maximum atomic E-state index is 11.6. The monoisotopic (exact) mass is 412 g/mol. The fraction of sp³-hybridized carbons (Fsp3) is 0.857. The zero-order valence-corrected chi connectivity index (χ0v) is 16.1. The third-order valence-corrected chi connectivity index (χ3v) is 2.89. The molecule has 1 atom stereocenters. The number of nitrogens with zero attached hydrogens (tertiary/aromatic N) is 2. The smallest absolute Gasteiger partial charge is 0.243 e. The van der Waals surface area contributed by atoms with Gasteiger partial charge in [0.1, 0.15) is 6.54 Å². The molecule has 1 unspecified atom stereocenters. The molecular formula is C14H29IN4O2. The van der Waals surface area contributed by atoms with Crippen LogP contribution < -0.4 is 10.6 Å². The summed E-state index contributed by atoms with van der Waals surface area (Å²) in [6.07, 6.45) is 2.43. The number of likely N-dealkylation sites (N-methyl/N-ethyl adjacent to an activating group) is 1. The number of carbonyl (C=O) groups is 1. The minimum Gasteiger partial charge on any atom is -0.376 e. The molecule has 0 radical (unpaired) electrons. The molecule has 21 heavy (non-hydrogen) atoms. The van der Waals surface area contributed by atoms with Crippen molar-refractivity contribution in [3.63, 3.8) is 0 Å². The molecule has 0 bridgehead atoms. The van der Waals surface area contributed by atoms with Crippen molar-refractivity contribution in [2.45, 2.75) is 45.3 Å². The summed E-state index contributed by atoms with van der Waals surface area (Å²) in [5.41, 5.74) is -0.108. The molecule has 0 aromatic rings. The number of rotatable bonds is 4. The van der Waals surface area contributed by atoms with E-state index in [4.69, 9.17) is 4.74 Å². The number of hydrogen-bond acceptors (Lipinski definition) is 3. The van der Waals surface area contributed by atoms with Crippen LogP contribution in [0.1, 0.15) is 33.6 Å². The highest BCUT2D eigenvalue weighted by atomic mass is 127. The quantitative estimate of drug-likeness (QED) is 0.414. The third kappa shape index (κ3) is 9.13. The van der Waals surface area contributed by atoms with Crippen LogP contribution in [0.5, 0.6) is 0 Å². The normalized spacial score (nSPS) is 18.9. The molecule has 0 aromatic heterocycles. The molecule has 2 N–H and O–H groups in total. The first-order valence-corrected chi connectivity index (χ1v) is 7.16. The van der Waals surface area contributed by atoms with Crippen LogP contribution in [-0.4, -0.2) is 62.2 Å². The van der Waals surface area contributed by atoms with E-state index in [1.807, 2.05) is 0 Å². The summed E-state index contributed by atoms with van der Waals surface area (Å²) in [4.78, 5) is 17.5. The summed E-state index contributed by atoms with van der Waals surface area (Å²) in [6, 6.07) is 0. The zero-order valence-electron chi connectivity index (χ0n) is 13.7. The molecule has 0 aliphatic carbocycles. The van der Waals surface area contributed by atoms with E-state index in [1.54, 1.807) is 14.1 Å². The second-order valence-corrected chi connectivity index (χ2v) is 6.34. The second-order valence-electron chi connectivity index (χ2n) is 6.34. The number of amides is 1. The lowest BCUT2D eigenvalue weighted by molar-refractivity contribution is -0.127. The SMILES string of the molecule is CN(C)C(=O)CN=C(NCC1CCCO1)NC(C)(C)C.I. The highest BCUT2D eigenvalue weighted by Crippen LogP contribution is 2.10. The van der Waals surface area contributed by atoms with Crippen LogP contribution in [0.2, 0.25) is 0 Å². The lowest BCUT2D eigenvalue weighted by Gasteiger charge is -2.25. The van der Waals surface area contributed by atoms with Gasteiger partial charge in [0.2, 0.25) is 5.91 Å². The van der Waals surface area contributed by atoms with Gasteiger partial charge in [0.25, 0.3) is 0 Å². The van der Waals surface area contributed by atoms with Gasteiger partial charge < -0.3 is 20.3 Å². The van der Waals surface area contributed by atoms with Gasteiger partial charge in [-0.05, 0) is 33.6 Å². The Bertz CT molecular complexity index is 347. The number of guanidine groups is 1. The van der Waals surface area contributed by atoms with Gasteiger partial charge >= 0.3 is 0 Å². The highest BCUT2D eigenvalue weighted by Gasteiger charge is 2.18. The van der Waals surface area contributed by atoms with Crippen LogP contribution >= 0.6 is 24.0 Å². The van der Waals surface area contributed by atoms with Crippen LogP contribution in [0.25, 0.3) is 0 Å². The Balaban J connectivity index is 0.00000400. The predicted octanol–water partition coefficient (Wildman–Crippen LogP) is 1.21. The average Bonchev–Trinajstić information content (AvgIpc) is 2.83. The molecule has 7 heteroatoms. The van der Waals surface area contributed by atoms with Gasteiger partial charge in [-0.3, -0.25) is 4.79 Å². The van der Waals surface area contributed by atoms with Crippen molar-refractivity contribution in [1.82, 2.24) is 15.5 Å². The maximum absolute atomic E-state index is 11.6. The maximum Gasteiger partial charge on any atom is 0.243 e. The Morgan fingerprint density at radius 2 is 2.05 bits per heavy atom. The Labute approximate surface area is 145 Å². The van der Waals surface area contributed by atoms with Crippen LogP contribution in [0, 0.1) is 0 Å². The molecule has 1 heterocycles. The topological polar surface area (TPSA) is 66.0 Å². The average molecular weight is 412 g/mol. The molecule has 1 aliphatic heterocycles. The van der Waals surface area contributed by atoms with Crippen molar-refractivity contribution in [1.29, 1.82) is 0 Å². The number of hydrogen-bond donors (Lipinski definition) is 2. The third-order valence-electron chi connectivity index (χ3n) is 2.89. The molecule has 0 spiro atoms. The predicted molar refractivity (Wildman–Crippen MR) is 96.3 cm³/mol. The number of aliphatic imine (C=N–C) groups is 1. The Hall–Kier alpha value is -0.570. The van der Waals surface area contributed by atoms with Crippen molar-refractivity contribution < 1.29 is 9.53 Å². The molecule has 1 aliphatic rings. The van der Waals surface area contributed by atoms with Crippen molar-refractivity contribution in [2.75, 3.05) is 33.8 Å². The lowest BCUT2D eigenvalue weighted by atomic mass is 10.1. The number of ether oxygens (including phenoxy) is 1. The Kier molecular flexibility index (Phi) is 9.19. The van der Waals surface area contributed by atoms with Crippen LogP contribution in [-0.2, 0) is 9.53 Å². The Morgan fingerprint density at radius 1 is 1.38 bits per heavy atom. The van der Waals surface area contributed by atoms with E-state index in [2.05, 4.69) is 36.4 Å². The van der Waals surface area contributed by atoms with Crippen molar-refractivity contribution in [2.24, 2.45) is 4.99 Å². The molecule has 6 nitrogen and oxygen atoms in total. The molecule has 1 rings (SSSR count). The summed E-state index contributed by atoms with van der Waals surface area (Å²) < 4.78 is 5.58. The summed E-state index contributed by atoms with van der Waals surface area (Å²) in [7, 11) is 3.46. The second kappa shape index (κ2) is 9.45. The fourth-order valence-electron chi connectivity index (χ4n) is 1.80. The van der Waals surface area contributed by atoms with Crippen LogP contribution in [0.15, 0.2) is 4.99 Å². The van der Waals surface area contributed by atoms with Crippen molar-refractivity contribution >= 4 is 35.8 Å². The first-order valence-electron chi connectivity index (χ1n) is 7.16. The van der Waals surface area contributed by atoms with Gasteiger partial charge in [0, 0.05) is 32.8 Å². The van der Waals surface area contributed by atoms with Crippen LogP contribution in [0.4, 0.5) is 0 Å². The van der Waals surface area contributed by atoms with Crippen molar-refractivity contribution in [3.05, 3.63) is 0 Å². The molecular weight excluding hydrogens is 383 g/mol. The minimum absolute atomic E-state index is 0. The van der Waals surface area contributed by atoms with Crippen LogP contribution in [0.3, 0.4) is 0 Å². The molecule has 0 saturated carbocycles. The highest BCUT2D eigenvalue weighted by molar-refractivity contribution is 14.0. The van der Waals surface area contributed by atoms with E-state index < -0.39 is 0 Å². The van der Waals surface area contributed by atoms with E-state index in [9.17, 15) is 4.79 Å². The van der Waals surface area contributed by atoms with E-state index in [-0.39, 0.29) is 48.1 Å². The largest absolute Gasteiger partial charge is 0.376 e. The van der Waals surface area contributed by atoms with E-state index in [1.165, 1.54) is 4.90 Å². The minimum atomic E-state index is -0.108. The molecule has 1 fully saturated rings. The summed E-state index contributed by atoms with van der Waals surface area (Å²) >= 11 is 0. The fourth-order valence-corrected chi connectivity index (χ4v) is 1.80. The van der Waals surface area contributed by atoms with Gasteiger partial charge in [-0.1, -0.05) is 0 Å². The standard InChI is InChI=1S/C14H28N4O2.HI/c1-14(2,3)17-13(16-10-12(19)18(4)5)15-9-11-7-6-8-20-11;/h11H,6-10H2,1-5H3,(H2,15,16,17);1H. The molecule has 1 amide bonds. The van der Waals surface area contributed by atoms with Gasteiger partial charge in [-0.25, -0.2) is 4.99 Å². The van der Waals surface area contributed by atoms with Gasteiger partial charge in [0.15, 0.2) is 5.96 Å². The number of carbonyl (C=O) groups excluding carboxylic acids is 1. The summed E-state index contributed by atoms with van der Waals surface area (Å²) in [5.74, 6) is 0.639. The first kappa shape index (κ1) is 20.4. The summed E-state index contributed by atoms with van der Waals surface area (Å²) in [5, 5.41) is 6.54. The number of nitrogens with one attached hydrogen (secondary N) is 2. The van der Waals surface area contributed by atoms with Gasteiger partial charge in [0.05, 0.1) is 6.10 Å². The van der Waals surface area contributed by atoms with Gasteiger partial charge in [-0.15, -0.1) is 24.0 Å². The molecule has 0 aromatic carbocycles. The van der Waals surface area contributed by atoms with E-state index >= 15 is 0 Å². The van der Waals surface area contributed by atoms with E-state index in [0.717, 1.165) is 26.0 Å². The lowest BCUT2D eigenvalue weighted by Crippen LogP contribution is -2.49. The van der Waals surface area contributed by atoms with Gasteiger partial charge in [-0.2, -0.15) is 0 Å². The molecule has 1 saturated heterocycles. The van der Waals surface area contributed by atoms with Crippen molar-refractivity contribution in [3.8, 4) is 0 Å². The number of halogens is 1. The Morgan fingerprint density at radius 3 is 2.52 bits per heavy atom. The zero-order chi connectivity index (χ0) is 15.2. The summed E-state index contributed by atoms with van der Waals surface area (Å²) in [6.45, 7) is 7.88. The molecule has 124 valence electrons.